The van der Waals surface area contributed by atoms with E-state index >= 15 is 0 Å². The third kappa shape index (κ3) is 4.28. The van der Waals surface area contributed by atoms with Gasteiger partial charge in [-0.3, -0.25) is 5.43 Å². The molecule has 0 amide bonds. The zero-order chi connectivity index (χ0) is 18.6. The molecule has 6 nitrogen and oxygen atoms in total. The molecule has 0 aliphatic carbocycles. The molecule has 0 saturated carbocycles. The van der Waals surface area contributed by atoms with Crippen LogP contribution in [0.5, 0.6) is 0 Å². The smallest absolute Gasteiger partial charge is 0.244 e. The molecule has 1 aromatic carbocycles. The summed E-state index contributed by atoms with van der Waals surface area (Å²) >= 11 is 0. The van der Waals surface area contributed by atoms with Gasteiger partial charge in [0.2, 0.25) is 10.0 Å². The predicted molar refractivity (Wildman–Crippen MR) is 104 cm³/mol. The van der Waals surface area contributed by atoms with E-state index in [2.05, 4.69) is 28.5 Å². The summed E-state index contributed by atoms with van der Waals surface area (Å²) in [5.74, 6) is 0.503. The number of anilines is 1. The van der Waals surface area contributed by atoms with Gasteiger partial charge in [0.1, 0.15) is 10.7 Å². The van der Waals surface area contributed by atoms with E-state index in [4.69, 9.17) is 0 Å². The number of nitrogens with zero attached hydrogens (tertiary/aromatic N) is 3. The van der Waals surface area contributed by atoms with Gasteiger partial charge in [-0.05, 0) is 49.9 Å². The molecule has 26 heavy (non-hydrogen) atoms. The fraction of sp³-hybridized carbons (Fsp3) is 0.368. The molecule has 0 bridgehead atoms. The highest BCUT2D eigenvalue weighted by atomic mass is 32.2. The third-order valence-electron chi connectivity index (χ3n) is 4.50. The molecule has 2 aromatic rings. The molecule has 0 radical (unpaired) electrons. The van der Waals surface area contributed by atoms with Crippen molar-refractivity contribution in [2.24, 2.45) is 5.10 Å². The summed E-state index contributed by atoms with van der Waals surface area (Å²) in [7, 11) is -3.45. The second-order valence-corrected chi connectivity index (χ2v) is 8.51. The van der Waals surface area contributed by atoms with Crippen molar-refractivity contribution in [1.82, 2.24) is 9.29 Å². The Balaban J connectivity index is 1.66. The Morgan fingerprint density at radius 1 is 1.12 bits per heavy atom. The van der Waals surface area contributed by atoms with Crippen LogP contribution in [0.15, 0.2) is 46.5 Å². The topological polar surface area (TPSA) is 74.7 Å². The maximum Gasteiger partial charge on any atom is 0.244 e. The van der Waals surface area contributed by atoms with E-state index in [1.165, 1.54) is 11.8 Å². The average molecular weight is 372 g/mol. The molecule has 3 rings (SSSR count). The van der Waals surface area contributed by atoms with Gasteiger partial charge >= 0.3 is 0 Å². The lowest BCUT2D eigenvalue weighted by Gasteiger charge is -2.25. The van der Waals surface area contributed by atoms with Crippen LogP contribution < -0.4 is 5.43 Å². The zero-order valence-corrected chi connectivity index (χ0v) is 16.0. The van der Waals surface area contributed by atoms with E-state index < -0.39 is 10.0 Å². The van der Waals surface area contributed by atoms with Gasteiger partial charge in [0.05, 0.1) is 6.21 Å². The minimum Gasteiger partial charge on any atom is -0.261 e. The van der Waals surface area contributed by atoms with Crippen molar-refractivity contribution in [2.75, 3.05) is 18.5 Å². The lowest BCUT2D eigenvalue weighted by molar-refractivity contribution is 0.346. The maximum atomic E-state index is 12.6. The van der Waals surface area contributed by atoms with Crippen LogP contribution >= 0.6 is 0 Å². The number of hydrazone groups is 1. The molecule has 1 aliphatic heterocycles. The van der Waals surface area contributed by atoms with Crippen molar-refractivity contribution in [2.45, 2.75) is 38.0 Å². The summed E-state index contributed by atoms with van der Waals surface area (Å²) in [6, 6.07) is 9.35. The second kappa shape index (κ2) is 7.97. The van der Waals surface area contributed by atoms with Gasteiger partial charge in [0, 0.05) is 19.3 Å². The molecule has 138 valence electrons. The van der Waals surface area contributed by atoms with E-state index in [0.717, 1.165) is 30.4 Å². The van der Waals surface area contributed by atoms with Crippen molar-refractivity contribution >= 4 is 22.1 Å². The fourth-order valence-electron chi connectivity index (χ4n) is 2.99. The number of piperidine rings is 1. The Labute approximate surface area is 155 Å². The number of aromatic nitrogens is 1. The highest BCUT2D eigenvalue weighted by Gasteiger charge is 2.25. The Bertz CT molecular complexity index is 886. The summed E-state index contributed by atoms with van der Waals surface area (Å²) < 4.78 is 26.7. The molecule has 7 heteroatoms. The molecule has 0 unspecified atom stereocenters. The van der Waals surface area contributed by atoms with Crippen LogP contribution in [0.4, 0.5) is 5.82 Å². The average Bonchev–Trinajstić information content (AvgIpc) is 2.65. The minimum absolute atomic E-state index is 0.225. The lowest BCUT2D eigenvalue weighted by atomic mass is 10.1. The minimum atomic E-state index is -3.45. The van der Waals surface area contributed by atoms with E-state index in [1.54, 1.807) is 22.7 Å². The first-order chi connectivity index (χ1) is 12.5. The SMILES string of the molecule is Cc1ccc(/C=N\Nc2ccc(S(=O)(=O)N3CCCCC3)cn2)c(C)c1. The normalized spacial score (nSPS) is 16.1. The number of pyridine rings is 1. The predicted octanol–water partition coefficient (Wildman–Crippen LogP) is 3.32. The summed E-state index contributed by atoms with van der Waals surface area (Å²) in [5, 5.41) is 4.19. The number of hydrogen-bond donors (Lipinski definition) is 1. The quantitative estimate of drug-likeness (QED) is 0.645. The Morgan fingerprint density at radius 2 is 1.88 bits per heavy atom. The molecule has 1 aromatic heterocycles. The Kier molecular flexibility index (Phi) is 5.68. The van der Waals surface area contributed by atoms with E-state index in [1.807, 2.05) is 19.1 Å². The van der Waals surface area contributed by atoms with Gasteiger partial charge in [-0.2, -0.15) is 9.41 Å². The van der Waals surface area contributed by atoms with Crippen LogP contribution in [0.3, 0.4) is 0 Å². The summed E-state index contributed by atoms with van der Waals surface area (Å²) in [6.45, 7) is 5.26. The standard InChI is InChI=1S/C19H24N4O2S/c1-15-6-7-17(16(2)12-15)13-21-22-19-9-8-18(14-20-19)26(24,25)23-10-4-3-5-11-23/h6-9,12-14H,3-5,10-11H2,1-2H3,(H,20,22)/b21-13-. The van der Waals surface area contributed by atoms with Gasteiger partial charge in [0.15, 0.2) is 0 Å². The zero-order valence-electron chi connectivity index (χ0n) is 15.1. The van der Waals surface area contributed by atoms with Crippen LogP contribution in [-0.2, 0) is 10.0 Å². The van der Waals surface area contributed by atoms with Crippen molar-refractivity contribution < 1.29 is 8.42 Å². The van der Waals surface area contributed by atoms with Gasteiger partial charge in [0.25, 0.3) is 0 Å². The van der Waals surface area contributed by atoms with E-state index in [0.29, 0.717) is 18.9 Å². The molecule has 1 saturated heterocycles. The van der Waals surface area contributed by atoms with Crippen molar-refractivity contribution in [3.05, 3.63) is 53.2 Å². The van der Waals surface area contributed by atoms with Crippen LogP contribution in [0.1, 0.15) is 36.0 Å². The second-order valence-electron chi connectivity index (χ2n) is 6.57. The van der Waals surface area contributed by atoms with Gasteiger partial charge in [-0.1, -0.05) is 30.2 Å². The number of sulfonamides is 1. The highest BCUT2D eigenvalue weighted by Crippen LogP contribution is 2.20. The Morgan fingerprint density at radius 3 is 2.54 bits per heavy atom. The van der Waals surface area contributed by atoms with Gasteiger partial charge < -0.3 is 0 Å². The van der Waals surface area contributed by atoms with E-state index in [9.17, 15) is 8.42 Å². The molecule has 0 spiro atoms. The van der Waals surface area contributed by atoms with Crippen LogP contribution in [0, 0.1) is 13.8 Å². The van der Waals surface area contributed by atoms with Crippen molar-refractivity contribution in [1.29, 1.82) is 0 Å². The monoisotopic (exact) mass is 372 g/mol. The molecule has 1 fully saturated rings. The molecule has 2 heterocycles. The number of aryl methyl sites for hydroxylation is 2. The number of benzene rings is 1. The number of nitrogens with one attached hydrogen (secondary N) is 1. The lowest BCUT2D eigenvalue weighted by Crippen LogP contribution is -2.35. The molecule has 1 aliphatic rings. The summed E-state index contributed by atoms with van der Waals surface area (Å²) in [5.41, 5.74) is 6.22. The molecule has 0 atom stereocenters. The molecule has 1 N–H and O–H groups in total. The highest BCUT2D eigenvalue weighted by molar-refractivity contribution is 7.89. The first-order valence-electron chi connectivity index (χ1n) is 8.79. The first-order valence-corrected chi connectivity index (χ1v) is 10.2. The fourth-order valence-corrected chi connectivity index (χ4v) is 4.45. The summed E-state index contributed by atoms with van der Waals surface area (Å²) in [6.07, 6.45) is 6.04. The number of rotatable bonds is 5. The van der Waals surface area contributed by atoms with Crippen LogP contribution in [0.25, 0.3) is 0 Å². The number of hydrogen-bond acceptors (Lipinski definition) is 5. The van der Waals surface area contributed by atoms with Crippen molar-refractivity contribution in [3.63, 3.8) is 0 Å². The Hall–Kier alpha value is -2.25. The van der Waals surface area contributed by atoms with Crippen molar-refractivity contribution in [3.8, 4) is 0 Å². The molecular formula is C19H24N4O2S. The summed E-state index contributed by atoms with van der Waals surface area (Å²) in [4.78, 5) is 4.40. The van der Waals surface area contributed by atoms with Gasteiger partial charge in [-0.15, -0.1) is 0 Å². The third-order valence-corrected chi connectivity index (χ3v) is 6.38. The first kappa shape index (κ1) is 18.5. The van der Waals surface area contributed by atoms with Crippen LogP contribution in [0.2, 0.25) is 0 Å². The van der Waals surface area contributed by atoms with Gasteiger partial charge in [-0.25, -0.2) is 13.4 Å². The van der Waals surface area contributed by atoms with E-state index in [-0.39, 0.29) is 4.90 Å². The molecular weight excluding hydrogens is 348 g/mol. The largest absolute Gasteiger partial charge is 0.261 e. The van der Waals surface area contributed by atoms with Crippen LogP contribution in [-0.4, -0.2) is 37.0 Å². The maximum absolute atomic E-state index is 12.6.